The number of benzene rings is 3. The maximum absolute atomic E-state index is 14.5. The molecule has 1 N–H and O–H groups in total. The number of hydrogen-bond acceptors (Lipinski definition) is 4. The molecule has 0 aliphatic rings. The third kappa shape index (κ3) is 6.58. The van der Waals surface area contributed by atoms with Crippen LogP contribution < -0.4 is 18.4 Å². The molecule has 0 aliphatic carbocycles. The molecule has 0 saturated heterocycles. The molecule has 3 aromatic carbocycles. The van der Waals surface area contributed by atoms with Gasteiger partial charge in [-0.15, -0.1) is 0 Å². The van der Waals surface area contributed by atoms with Crippen molar-refractivity contribution in [1.29, 1.82) is 0 Å². The molecule has 43 heavy (non-hydrogen) atoms. The van der Waals surface area contributed by atoms with Gasteiger partial charge in [0.25, 0.3) is 0 Å². The summed E-state index contributed by atoms with van der Waals surface area (Å²) in [6.45, 7) is 6.85. The first-order valence-corrected chi connectivity index (χ1v) is 13.0. The van der Waals surface area contributed by atoms with Gasteiger partial charge in [-0.25, -0.2) is 26.3 Å². The molecular formula is C27H25BF10NO4+. The van der Waals surface area contributed by atoms with Crippen LogP contribution in [0, 0.1) is 58.2 Å². The largest absolute Gasteiger partial charge is 0.864 e. The van der Waals surface area contributed by atoms with Crippen molar-refractivity contribution < 1.29 is 63.0 Å². The molecule has 0 fully saturated rings. The lowest BCUT2D eigenvalue weighted by Crippen LogP contribution is -2.51. The lowest BCUT2D eigenvalue weighted by atomic mass is 10.1. The van der Waals surface area contributed by atoms with Crippen molar-refractivity contribution in [1.82, 2.24) is 4.48 Å². The second-order valence-electron chi connectivity index (χ2n) is 9.41. The van der Waals surface area contributed by atoms with Gasteiger partial charge in [-0.3, -0.25) is 4.48 Å². The van der Waals surface area contributed by atoms with Crippen LogP contribution in [0.5, 0.6) is 23.0 Å². The Bertz CT molecular complexity index is 1350. The van der Waals surface area contributed by atoms with Gasteiger partial charge in [0, 0.05) is 6.07 Å². The summed E-state index contributed by atoms with van der Waals surface area (Å²) < 4.78 is 156. The lowest BCUT2D eigenvalue weighted by molar-refractivity contribution is 0.245. The molecule has 3 rings (SSSR count). The first-order valence-electron chi connectivity index (χ1n) is 13.0. The van der Waals surface area contributed by atoms with Crippen LogP contribution in [0.25, 0.3) is 0 Å². The van der Waals surface area contributed by atoms with Crippen molar-refractivity contribution in [3.05, 3.63) is 76.4 Å². The quantitative estimate of drug-likeness (QED) is 0.0689. The molecular weight excluding hydrogens is 603 g/mol. The maximum Gasteiger partial charge on any atom is 0.864 e. The van der Waals surface area contributed by atoms with E-state index in [4.69, 9.17) is 14.0 Å². The van der Waals surface area contributed by atoms with Gasteiger partial charge >= 0.3 is 7.32 Å². The van der Waals surface area contributed by atoms with Gasteiger partial charge in [-0.2, -0.15) is 17.6 Å². The average molecular weight is 628 g/mol. The number of hydrogen-bond donors (Lipinski definition) is 1. The number of rotatable bonds is 13. The zero-order valence-electron chi connectivity index (χ0n) is 23.0. The van der Waals surface area contributed by atoms with E-state index in [0.717, 1.165) is 12.1 Å². The van der Waals surface area contributed by atoms with Crippen molar-refractivity contribution in [3.63, 3.8) is 0 Å². The molecule has 0 radical (unpaired) electrons. The van der Waals surface area contributed by atoms with E-state index in [1.807, 2.05) is 20.8 Å². The fourth-order valence-corrected chi connectivity index (χ4v) is 4.70. The van der Waals surface area contributed by atoms with E-state index in [1.54, 1.807) is 0 Å². The average Bonchev–Trinajstić information content (AvgIpc) is 2.98. The molecule has 0 spiro atoms. The molecule has 0 unspecified atom stereocenters. The van der Waals surface area contributed by atoms with Crippen LogP contribution in [-0.4, -0.2) is 32.1 Å². The third-order valence-corrected chi connectivity index (χ3v) is 6.40. The van der Waals surface area contributed by atoms with Crippen LogP contribution in [0.15, 0.2) is 18.2 Å². The van der Waals surface area contributed by atoms with Crippen LogP contribution in [0.1, 0.15) is 40.0 Å². The second-order valence-corrected chi connectivity index (χ2v) is 9.41. The van der Waals surface area contributed by atoms with E-state index in [-0.39, 0.29) is 21.7 Å². The van der Waals surface area contributed by atoms with Crippen LogP contribution >= 0.6 is 0 Å². The van der Waals surface area contributed by atoms with Gasteiger partial charge in [0.1, 0.15) is 5.75 Å². The zero-order valence-corrected chi connectivity index (χ0v) is 23.0. The highest BCUT2D eigenvalue weighted by Crippen LogP contribution is 2.39. The third-order valence-electron chi connectivity index (χ3n) is 6.40. The number of phenolic OH excluding ortho intramolecular Hbond substituents is 1. The summed E-state index contributed by atoms with van der Waals surface area (Å²) in [6, 6.07) is 3.38. The molecule has 5 nitrogen and oxygen atoms in total. The lowest BCUT2D eigenvalue weighted by Gasteiger charge is -2.39. The SMILES string of the molecule is CCC[N+](CCC)(CCC)c1cc(O)ccc1OB(Oc1c(F)c(F)c(F)c(F)c1F)Oc1c(F)c(F)c(F)c(F)c1F. The fourth-order valence-electron chi connectivity index (χ4n) is 4.70. The van der Waals surface area contributed by atoms with Crippen molar-refractivity contribution in [3.8, 4) is 23.0 Å². The van der Waals surface area contributed by atoms with Gasteiger partial charge < -0.3 is 19.1 Å². The molecule has 0 aromatic heterocycles. The summed E-state index contributed by atoms with van der Waals surface area (Å²) in [5.41, 5.74) is 0.178. The first-order chi connectivity index (χ1) is 20.2. The predicted molar refractivity (Wildman–Crippen MR) is 135 cm³/mol. The minimum Gasteiger partial charge on any atom is -0.508 e. The highest BCUT2D eigenvalue weighted by atomic mass is 19.2. The monoisotopic (exact) mass is 628 g/mol. The molecule has 0 atom stereocenters. The highest BCUT2D eigenvalue weighted by molar-refractivity contribution is 6.39. The van der Waals surface area contributed by atoms with Crippen LogP contribution in [0.4, 0.5) is 49.6 Å². The summed E-state index contributed by atoms with van der Waals surface area (Å²) in [5.74, 6) is -29.9. The Morgan fingerprint density at radius 1 is 0.558 bits per heavy atom. The van der Waals surface area contributed by atoms with Gasteiger partial charge in [-0.1, -0.05) is 20.8 Å². The Kier molecular flexibility index (Phi) is 10.7. The van der Waals surface area contributed by atoms with Crippen LogP contribution in [0.2, 0.25) is 0 Å². The van der Waals surface area contributed by atoms with Gasteiger partial charge in [0.05, 0.1) is 19.6 Å². The summed E-state index contributed by atoms with van der Waals surface area (Å²) in [6.07, 6.45) is 1.75. The minimum atomic E-state index is -2.92. The van der Waals surface area contributed by atoms with Gasteiger partial charge in [-0.05, 0) is 31.4 Å². The van der Waals surface area contributed by atoms with E-state index >= 15 is 0 Å². The Hall–Kier alpha value is -3.82. The standard InChI is InChI=1S/C27H24BF10NO4/c1-4-9-39(10-5-2,11-6-3)14-12-13(40)7-8-15(14)41-28(42-26-22(35)18(31)16(29)19(32)23(26)36)43-27-24(37)20(33)17(30)21(34)25(27)38/h7-8,12H,4-6,9-11H2,1-3H3/p+1. The molecule has 16 heteroatoms. The predicted octanol–water partition coefficient (Wildman–Crippen LogP) is 7.84. The van der Waals surface area contributed by atoms with Crippen molar-refractivity contribution in [2.24, 2.45) is 0 Å². The van der Waals surface area contributed by atoms with Gasteiger partial charge in [0.15, 0.2) is 22.9 Å². The summed E-state index contributed by atoms with van der Waals surface area (Å²) >= 11 is 0. The topological polar surface area (TPSA) is 47.9 Å². The second kappa shape index (κ2) is 13.7. The number of nitrogens with zero attached hydrogens (tertiary/aromatic N) is 1. The summed E-state index contributed by atoms with van der Waals surface area (Å²) in [4.78, 5) is 0. The first kappa shape index (κ1) is 33.7. The fraction of sp³-hybridized carbons (Fsp3) is 0.333. The summed E-state index contributed by atoms with van der Waals surface area (Å²) in [5, 5.41) is 10.3. The smallest absolute Gasteiger partial charge is 0.508 e. The zero-order chi connectivity index (χ0) is 32.2. The number of halogens is 10. The molecule has 0 bridgehead atoms. The van der Waals surface area contributed by atoms with Crippen LogP contribution in [0.3, 0.4) is 0 Å². The van der Waals surface area contributed by atoms with Crippen molar-refractivity contribution in [2.45, 2.75) is 40.0 Å². The van der Waals surface area contributed by atoms with E-state index in [1.165, 1.54) is 6.07 Å². The van der Waals surface area contributed by atoms with Crippen molar-refractivity contribution >= 4 is 13.0 Å². The Labute approximate surface area is 240 Å². The molecule has 0 aliphatic heterocycles. The molecule has 0 heterocycles. The Morgan fingerprint density at radius 2 is 0.907 bits per heavy atom. The highest BCUT2D eigenvalue weighted by Gasteiger charge is 2.42. The Balaban J connectivity index is 2.25. The Morgan fingerprint density at radius 3 is 1.26 bits per heavy atom. The molecule has 234 valence electrons. The molecule has 0 amide bonds. The van der Waals surface area contributed by atoms with Crippen molar-refractivity contribution in [2.75, 3.05) is 19.6 Å². The molecule has 3 aromatic rings. The summed E-state index contributed by atoms with van der Waals surface area (Å²) in [7, 11) is -2.92. The van der Waals surface area contributed by atoms with Crippen LogP contribution in [-0.2, 0) is 0 Å². The minimum absolute atomic E-state index is 0.102. The maximum atomic E-state index is 14.5. The molecule has 0 saturated carbocycles. The van der Waals surface area contributed by atoms with E-state index in [0.29, 0.717) is 38.9 Å². The van der Waals surface area contributed by atoms with E-state index in [2.05, 4.69) is 0 Å². The van der Waals surface area contributed by atoms with E-state index in [9.17, 15) is 49.0 Å². The number of quaternary nitrogens is 1. The normalized spacial score (nSPS) is 11.6. The van der Waals surface area contributed by atoms with Gasteiger partial charge in [0.2, 0.25) is 58.2 Å². The number of phenols is 1. The van der Waals surface area contributed by atoms with E-state index < -0.39 is 77.0 Å². The number of aromatic hydroxyl groups is 1.